The van der Waals surface area contributed by atoms with Gasteiger partial charge in [-0.2, -0.15) is 0 Å². The Hall–Kier alpha value is -3.23. The first-order valence-electron chi connectivity index (χ1n) is 8.80. The van der Waals surface area contributed by atoms with Gasteiger partial charge in [-0.3, -0.25) is 19.2 Å². The van der Waals surface area contributed by atoms with E-state index < -0.39 is 0 Å². The molecular weight excluding hydrogens is 396 g/mol. The van der Waals surface area contributed by atoms with Crippen LogP contribution in [0.2, 0.25) is 0 Å². The minimum Gasteiger partial charge on any atom is -0.469 e. The molecule has 0 unspecified atom stereocenters. The molecule has 0 aliphatic heterocycles. The number of carbonyl (C=O) groups is 5. The molecular formula is C21H32O9. The Labute approximate surface area is 177 Å². The van der Waals surface area contributed by atoms with Gasteiger partial charge in [-0.25, -0.2) is 0 Å². The number of ether oxygens (including phenoxy) is 4. The summed E-state index contributed by atoms with van der Waals surface area (Å²) < 4.78 is 17.0. The van der Waals surface area contributed by atoms with Gasteiger partial charge in [-0.15, -0.1) is 0 Å². The molecule has 0 aliphatic carbocycles. The monoisotopic (exact) mass is 428 g/mol. The highest BCUT2D eigenvalue weighted by Gasteiger charge is 2.01. The molecule has 1 aromatic carbocycles. The highest BCUT2D eigenvalue weighted by atomic mass is 16.5. The molecule has 0 aliphatic rings. The van der Waals surface area contributed by atoms with Gasteiger partial charge in [-0.05, 0) is 12.5 Å². The van der Waals surface area contributed by atoms with Crippen LogP contribution in [0, 0.1) is 0 Å². The first-order chi connectivity index (χ1) is 14.0. The summed E-state index contributed by atoms with van der Waals surface area (Å²) >= 11 is 0. The van der Waals surface area contributed by atoms with E-state index in [0.717, 1.165) is 5.56 Å². The van der Waals surface area contributed by atoms with E-state index in [1.54, 1.807) is 0 Å². The van der Waals surface area contributed by atoms with Crippen molar-refractivity contribution in [1.82, 2.24) is 0 Å². The molecule has 1 rings (SSSR count). The minimum atomic E-state index is -0.329. The summed E-state index contributed by atoms with van der Waals surface area (Å²) in [6, 6.07) is 9.52. The summed E-state index contributed by atoms with van der Waals surface area (Å²) in [5, 5.41) is 0. The number of hydrogen-bond acceptors (Lipinski definition) is 9. The SMILES string of the molecule is COC(=O)CCC(C)=O.COC(=O)Cc1ccccc1.COC(C)=O.COC(C)=O. The Morgan fingerprint density at radius 1 is 0.633 bits per heavy atom. The van der Waals surface area contributed by atoms with Gasteiger partial charge in [0.05, 0.1) is 41.3 Å². The van der Waals surface area contributed by atoms with E-state index in [9.17, 15) is 24.0 Å². The summed E-state index contributed by atoms with van der Waals surface area (Å²) in [7, 11) is 5.40. The van der Waals surface area contributed by atoms with Gasteiger partial charge in [0, 0.05) is 20.3 Å². The number of rotatable bonds is 5. The first kappa shape index (κ1) is 31.5. The predicted octanol–water partition coefficient (Wildman–Crippen LogP) is 2.29. The van der Waals surface area contributed by atoms with E-state index in [1.165, 1.54) is 49.2 Å². The molecule has 9 nitrogen and oxygen atoms in total. The average Bonchev–Trinajstić information content (AvgIpc) is 2.73. The maximum Gasteiger partial charge on any atom is 0.309 e. The summed E-state index contributed by atoms with van der Waals surface area (Å²) in [5.74, 6) is -1.00. The van der Waals surface area contributed by atoms with Crippen LogP contribution in [-0.2, 0) is 49.3 Å². The number of esters is 4. The maximum absolute atomic E-state index is 10.8. The fourth-order valence-corrected chi connectivity index (χ4v) is 1.21. The van der Waals surface area contributed by atoms with Crippen LogP contribution in [0.25, 0.3) is 0 Å². The van der Waals surface area contributed by atoms with Gasteiger partial charge in [0.15, 0.2) is 0 Å². The molecule has 30 heavy (non-hydrogen) atoms. The van der Waals surface area contributed by atoms with Gasteiger partial charge < -0.3 is 23.7 Å². The number of benzene rings is 1. The second kappa shape index (κ2) is 22.1. The predicted molar refractivity (Wildman–Crippen MR) is 109 cm³/mol. The largest absolute Gasteiger partial charge is 0.469 e. The van der Waals surface area contributed by atoms with Crippen molar-refractivity contribution in [1.29, 1.82) is 0 Å². The number of hydrogen-bond donors (Lipinski definition) is 0. The van der Waals surface area contributed by atoms with Crippen molar-refractivity contribution in [2.24, 2.45) is 0 Å². The maximum atomic E-state index is 10.8. The Kier molecular flexibility index (Phi) is 23.1. The summed E-state index contributed by atoms with van der Waals surface area (Å²) in [5.41, 5.74) is 0.986. The third-order valence-electron chi connectivity index (χ3n) is 2.90. The number of carbonyl (C=O) groups excluding carboxylic acids is 5. The van der Waals surface area contributed by atoms with Crippen LogP contribution in [-0.4, -0.2) is 58.1 Å². The van der Waals surface area contributed by atoms with E-state index in [4.69, 9.17) is 0 Å². The van der Waals surface area contributed by atoms with Crippen molar-refractivity contribution in [3.63, 3.8) is 0 Å². The lowest BCUT2D eigenvalue weighted by Crippen LogP contribution is -2.03. The van der Waals surface area contributed by atoms with E-state index in [1.807, 2.05) is 30.3 Å². The summed E-state index contributed by atoms with van der Waals surface area (Å²) in [6.45, 7) is 4.17. The van der Waals surface area contributed by atoms with E-state index in [0.29, 0.717) is 6.42 Å². The molecule has 1 aromatic rings. The van der Waals surface area contributed by atoms with E-state index in [2.05, 4.69) is 18.9 Å². The van der Waals surface area contributed by atoms with Gasteiger partial charge >= 0.3 is 23.9 Å². The first-order valence-corrected chi connectivity index (χ1v) is 8.80. The van der Waals surface area contributed by atoms with Crippen molar-refractivity contribution < 1.29 is 42.9 Å². The molecule has 0 aromatic heterocycles. The average molecular weight is 428 g/mol. The lowest BCUT2D eigenvalue weighted by atomic mass is 10.2. The molecule has 0 bridgehead atoms. The lowest BCUT2D eigenvalue weighted by molar-refractivity contribution is -0.142. The quantitative estimate of drug-likeness (QED) is 0.513. The van der Waals surface area contributed by atoms with Crippen molar-refractivity contribution in [2.75, 3.05) is 28.4 Å². The van der Waals surface area contributed by atoms with Gasteiger partial charge in [0.1, 0.15) is 5.78 Å². The number of ketones is 1. The molecule has 0 amide bonds. The fourth-order valence-electron chi connectivity index (χ4n) is 1.21. The van der Waals surface area contributed by atoms with Crippen molar-refractivity contribution >= 4 is 29.7 Å². The molecule has 170 valence electrons. The molecule has 0 saturated heterocycles. The summed E-state index contributed by atoms with van der Waals surface area (Å²) in [6.07, 6.45) is 0.843. The van der Waals surface area contributed by atoms with Crippen molar-refractivity contribution in [2.45, 2.75) is 40.0 Å². The minimum absolute atomic E-state index is 0.0143. The second-order valence-corrected chi connectivity index (χ2v) is 5.41. The van der Waals surface area contributed by atoms with Crippen LogP contribution in [0.15, 0.2) is 30.3 Å². The molecule has 0 N–H and O–H groups in total. The molecule has 0 saturated carbocycles. The smallest absolute Gasteiger partial charge is 0.309 e. The van der Waals surface area contributed by atoms with Crippen LogP contribution >= 0.6 is 0 Å². The van der Waals surface area contributed by atoms with E-state index in [-0.39, 0.29) is 42.5 Å². The zero-order valence-corrected chi connectivity index (χ0v) is 18.7. The fraction of sp³-hybridized carbons (Fsp3) is 0.476. The van der Waals surface area contributed by atoms with Crippen LogP contribution in [0.5, 0.6) is 0 Å². The lowest BCUT2D eigenvalue weighted by Gasteiger charge is -1.97. The van der Waals surface area contributed by atoms with Gasteiger partial charge in [0.25, 0.3) is 0 Å². The highest BCUT2D eigenvalue weighted by Crippen LogP contribution is 1.99. The standard InChI is InChI=1S/C9H10O2.C6H10O3.2C3H6O2/c1-11-9(10)7-8-5-3-2-4-6-8;1-5(7)3-4-6(8)9-2;2*1-3(4)5-2/h2-6H,7H2,1H3;3-4H2,1-2H3;2*1-2H3. The van der Waals surface area contributed by atoms with E-state index >= 15 is 0 Å². The second-order valence-electron chi connectivity index (χ2n) is 5.41. The zero-order chi connectivity index (χ0) is 23.9. The van der Waals surface area contributed by atoms with Crippen molar-refractivity contribution in [3.05, 3.63) is 35.9 Å². The van der Waals surface area contributed by atoms with Crippen LogP contribution < -0.4 is 0 Å². The van der Waals surface area contributed by atoms with Gasteiger partial charge in [0.2, 0.25) is 0 Å². The molecule has 0 radical (unpaired) electrons. The third-order valence-corrected chi connectivity index (χ3v) is 2.90. The Morgan fingerprint density at radius 2 is 1.03 bits per heavy atom. The molecule has 0 fully saturated rings. The molecule has 0 spiro atoms. The van der Waals surface area contributed by atoms with Crippen LogP contribution in [0.3, 0.4) is 0 Å². The molecule has 0 atom stereocenters. The number of Topliss-reactive ketones (excluding diaryl/α,β-unsaturated/α-hetero) is 1. The van der Waals surface area contributed by atoms with Crippen molar-refractivity contribution in [3.8, 4) is 0 Å². The Morgan fingerprint density at radius 3 is 1.33 bits per heavy atom. The Bertz CT molecular complexity index is 611. The van der Waals surface area contributed by atoms with Crippen LogP contribution in [0.1, 0.15) is 39.2 Å². The normalized spacial score (nSPS) is 8.23. The summed E-state index contributed by atoms with van der Waals surface area (Å²) in [4.78, 5) is 50.5. The number of methoxy groups -OCH3 is 4. The third kappa shape index (κ3) is 29.5. The Balaban J connectivity index is -0.000000346. The van der Waals surface area contributed by atoms with Gasteiger partial charge in [-0.1, -0.05) is 30.3 Å². The molecule has 0 heterocycles. The topological polar surface area (TPSA) is 122 Å². The zero-order valence-electron chi connectivity index (χ0n) is 18.7. The molecule has 9 heteroatoms. The highest BCUT2D eigenvalue weighted by molar-refractivity contribution is 5.80. The van der Waals surface area contributed by atoms with Crippen LogP contribution in [0.4, 0.5) is 0 Å².